The maximum Gasteiger partial charge on any atom is 0.315 e. The average Bonchev–Trinajstić information content (AvgIpc) is 2.55. The van der Waals surface area contributed by atoms with Crippen LogP contribution in [0.1, 0.15) is 24.1 Å². The van der Waals surface area contributed by atoms with Gasteiger partial charge in [0.15, 0.2) is 11.6 Å². The summed E-state index contributed by atoms with van der Waals surface area (Å²) in [4.78, 5) is 15.8. The standard InChI is InChI=1S/C16H17F2N3O2/c1-10(12-3-4-13(17)14(18)8-12)21-16(22)20-9-11-5-6-19-15(7-11)23-2/h3-8,10H,9H2,1-2H3,(H2,20,21,22). The zero-order valence-electron chi connectivity index (χ0n) is 12.8. The second-order valence-electron chi connectivity index (χ2n) is 4.93. The molecule has 0 bridgehead atoms. The fraction of sp³-hybridized carbons (Fsp3) is 0.250. The molecule has 23 heavy (non-hydrogen) atoms. The highest BCUT2D eigenvalue weighted by Gasteiger charge is 2.12. The van der Waals surface area contributed by atoms with Gasteiger partial charge in [-0.15, -0.1) is 0 Å². The van der Waals surface area contributed by atoms with E-state index in [-0.39, 0.29) is 6.54 Å². The van der Waals surface area contributed by atoms with Gasteiger partial charge in [-0.2, -0.15) is 0 Å². The predicted molar refractivity (Wildman–Crippen MR) is 80.9 cm³/mol. The van der Waals surface area contributed by atoms with Crippen molar-refractivity contribution in [2.24, 2.45) is 0 Å². The number of halogens is 2. The van der Waals surface area contributed by atoms with Crippen molar-refractivity contribution in [2.45, 2.75) is 19.5 Å². The number of hydrogen-bond acceptors (Lipinski definition) is 3. The van der Waals surface area contributed by atoms with Gasteiger partial charge in [0.05, 0.1) is 13.2 Å². The number of ether oxygens (including phenoxy) is 1. The van der Waals surface area contributed by atoms with E-state index in [1.807, 2.05) is 0 Å². The second kappa shape index (κ2) is 7.53. The number of urea groups is 1. The number of nitrogens with one attached hydrogen (secondary N) is 2. The zero-order chi connectivity index (χ0) is 16.8. The third kappa shape index (κ3) is 4.64. The van der Waals surface area contributed by atoms with Crippen LogP contribution in [0.4, 0.5) is 13.6 Å². The summed E-state index contributed by atoms with van der Waals surface area (Å²) in [7, 11) is 1.51. The van der Waals surface area contributed by atoms with Crippen molar-refractivity contribution in [1.29, 1.82) is 0 Å². The molecule has 2 N–H and O–H groups in total. The van der Waals surface area contributed by atoms with E-state index in [4.69, 9.17) is 4.74 Å². The first-order valence-electron chi connectivity index (χ1n) is 6.98. The van der Waals surface area contributed by atoms with Gasteiger partial charge in [0, 0.05) is 18.8 Å². The van der Waals surface area contributed by atoms with E-state index in [1.54, 1.807) is 25.3 Å². The molecule has 0 saturated heterocycles. The van der Waals surface area contributed by atoms with Gasteiger partial charge >= 0.3 is 6.03 Å². The normalized spacial score (nSPS) is 11.7. The van der Waals surface area contributed by atoms with Crippen molar-refractivity contribution in [3.05, 3.63) is 59.3 Å². The first kappa shape index (κ1) is 16.7. The lowest BCUT2D eigenvalue weighted by molar-refractivity contribution is 0.237. The Balaban J connectivity index is 1.89. The third-order valence-electron chi connectivity index (χ3n) is 3.25. The van der Waals surface area contributed by atoms with Crippen LogP contribution in [-0.2, 0) is 6.54 Å². The summed E-state index contributed by atoms with van der Waals surface area (Å²) >= 11 is 0. The van der Waals surface area contributed by atoms with E-state index in [0.717, 1.165) is 17.7 Å². The van der Waals surface area contributed by atoms with E-state index in [1.165, 1.54) is 13.2 Å². The summed E-state index contributed by atoms with van der Waals surface area (Å²) < 4.78 is 31.1. The number of nitrogens with zero attached hydrogens (tertiary/aromatic N) is 1. The van der Waals surface area contributed by atoms with Crippen molar-refractivity contribution in [3.63, 3.8) is 0 Å². The molecule has 0 aliphatic heterocycles. The topological polar surface area (TPSA) is 63.2 Å². The minimum atomic E-state index is -0.944. The molecule has 0 radical (unpaired) electrons. The van der Waals surface area contributed by atoms with Crippen LogP contribution in [0.3, 0.4) is 0 Å². The smallest absolute Gasteiger partial charge is 0.315 e. The Hall–Kier alpha value is -2.70. The first-order valence-corrected chi connectivity index (χ1v) is 6.98. The van der Waals surface area contributed by atoms with Gasteiger partial charge < -0.3 is 15.4 Å². The lowest BCUT2D eigenvalue weighted by Gasteiger charge is -2.15. The monoisotopic (exact) mass is 321 g/mol. The van der Waals surface area contributed by atoms with Crippen molar-refractivity contribution >= 4 is 6.03 Å². The van der Waals surface area contributed by atoms with E-state index in [2.05, 4.69) is 15.6 Å². The minimum Gasteiger partial charge on any atom is -0.481 e. The summed E-state index contributed by atoms with van der Waals surface area (Å²) in [5, 5.41) is 5.33. The Morgan fingerprint density at radius 2 is 2.04 bits per heavy atom. The molecule has 1 unspecified atom stereocenters. The van der Waals surface area contributed by atoms with Gasteiger partial charge in [-0.3, -0.25) is 0 Å². The minimum absolute atomic E-state index is 0.287. The summed E-state index contributed by atoms with van der Waals surface area (Å²) in [5.41, 5.74) is 1.30. The average molecular weight is 321 g/mol. The molecule has 0 fully saturated rings. The highest BCUT2D eigenvalue weighted by Crippen LogP contribution is 2.15. The molecule has 2 aromatic rings. The lowest BCUT2D eigenvalue weighted by Crippen LogP contribution is -2.36. The van der Waals surface area contributed by atoms with Crippen molar-refractivity contribution in [2.75, 3.05) is 7.11 Å². The van der Waals surface area contributed by atoms with Crippen LogP contribution >= 0.6 is 0 Å². The molecule has 1 aromatic heterocycles. The van der Waals surface area contributed by atoms with Gasteiger partial charge in [-0.1, -0.05) is 6.07 Å². The van der Waals surface area contributed by atoms with Crippen LogP contribution in [0, 0.1) is 11.6 Å². The summed E-state index contributed by atoms with van der Waals surface area (Å²) in [6.45, 7) is 1.97. The van der Waals surface area contributed by atoms with Crippen LogP contribution in [0.5, 0.6) is 5.88 Å². The molecule has 7 heteroatoms. The molecule has 122 valence electrons. The molecule has 0 saturated carbocycles. The molecule has 2 amide bonds. The number of carbonyl (C=O) groups excluding carboxylic acids is 1. The number of hydrogen-bond donors (Lipinski definition) is 2. The number of pyridine rings is 1. The maximum absolute atomic E-state index is 13.2. The summed E-state index contributed by atoms with van der Waals surface area (Å²) in [5.74, 6) is -1.41. The lowest BCUT2D eigenvalue weighted by atomic mass is 10.1. The third-order valence-corrected chi connectivity index (χ3v) is 3.25. The molecule has 1 atom stereocenters. The molecule has 5 nitrogen and oxygen atoms in total. The van der Waals surface area contributed by atoms with Crippen molar-refractivity contribution < 1.29 is 18.3 Å². The number of rotatable bonds is 5. The number of benzene rings is 1. The van der Waals surface area contributed by atoms with Crippen molar-refractivity contribution in [3.8, 4) is 5.88 Å². The van der Waals surface area contributed by atoms with E-state index in [0.29, 0.717) is 11.4 Å². The predicted octanol–water partition coefficient (Wildman–Crippen LogP) is 2.93. The van der Waals surface area contributed by atoms with E-state index < -0.39 is 23.7 Å². The molecule has 0 aliphatic carbocycles. The Morgan fingerprint density at radius 1 is 1.26 bits per heavy atom. The summed E-state index contributed by atoms with van der Waals surface area (Å²) in [6, 6.07) is 6.10. The number of methoxy groups -OCH3 is 1. The van der Waals surface area contributed by atoms with E-state index in [9.17, 15) is 13.6 Å². The van der Waals surface area contributed by atoms with Crippen LogP contribution in [-0.4, -0.2) is 18.1 Å². The highest BCUT2D eigenvalue weighted by molar-refractivity contribution is 5.74. The molecule has 1 aromatic carbocycles. The van der Waals surface area contributed by atoms with Crippen LogP contribution < -0.4 is 15.4 Å². The van der Waals surface area contributed by atoms with Crippen LogP contribution in [0.15, 0.2) is 36.5 Å². The number of amides is 2. The van der Waals surface area contributed by atoms with Crippen LogP contribution in [0.25, 0.3) is 0 Å². The molecule has 2 rings (SSSR count). The highest BCUT2D eigenvalue weighted by atomic mass is 19.2. The van der Waals surface area contributed by atoms with Crippen molar-refractivity contribution in [1.82, 2.24) is 15.6 Å². The molecule has 0 aliphatic rings. The quantitative estimate of drug-likeness (QED) is 0.890. The number of carbonyl (C=O) groups is 1. The van der Waals surface area contributed by atoms with Gasteiger partial charge in [0.2, 0.25) is 5.88 Å². The largest absolute Gasteiger partial charge is 0.481 e. The molecular formula is C16H17F2N3O2. The second-order valence-corrected chi connectivity index (χ2v) is 4.93. The Bertz CT molecular complexity index is 695. The van der Waals surface area contributed by atoms with E-state index >= 15 is 0 Å². The Kier molecular flexibility index (Phi) is 5.46. The fourth-order valence-corrected chi connectivity index (χ4v) is 1.97. The fourth-order valence-electron chi connectivity index (χ4n) is 1.97. The Morgan fingerprint density at radius 3 is 2.74 bits per heavy atom. The molecular weight excluding hydrogens is 304 g/mol. The van der Waals surface area contributed by atoms with Gasteiger partial charge in [-0.25, -0.2) is 18.6 Å². The first-order chi connectivity index (χ1) is 11.0. The summed E-state index contributed by atoms with van der Waals surface area (Å²) in [6.07, 6.45) is 1.58. The zero-order valence-corrected chi connectivity index (χ0v) is 12.8. The SMILES string of the molecule is COc1cc(CNC(=O)NC(C)c2ccc(F)c(F)c2)ccn1. The number of aromatic nitrogens is 1. The van der Waals surface area contributed by atoms with Gasteiger partial charge in [0.25, 0.3) is 0 Å². The van der Waals surface area contributed by atoms with Gasteiger partial charge in [-0.05, 0) is 36.2 Å². The Labute approximate surface area is 132 Å². The van der Waals surface area contributed by atoms with Gasteiger partial charge in [0.1, 0.15) is 0 Å². The molecule has 1 heterocycles. The van der Waals surface area contributed by atoms with Crippen LogP contribution in [0.2, 0.25) is 0 Å². The molecule has 0 spiro atoms. The maximum atomic E-state index is 13.2.